The van der Waals surface area contributed by atoms with Crippen LogP contribution in [0, 0.1) is 5.92 Å². The van der Waals surface area contributed by atoms with E-state index in [9.17, 15) is 9.59 Å². The second-order valence-corrected chi connectivity index (χ2v) is 7.30. The number of nitrogens with one attached hydrogen (secondary N) is 1. The van der Waals surface area contributed by atoms with Crippen molar-refractivity contribution in [1.29, 1.82) is 0 Å². The van der Waals surface area contributed by atoms with Crippen molar-refractivity contribution < 1.29 is 14.3 Å². The minimum Gasteiger partial charge on any atom is -0.484 e. The fourth-order valence-electron chi connectivity index (χ4n) is 2.64. The van der Waals surface area contributed by atoms with Gasteiger partial charge in [-0.2, -0.15) is 0 Å². The first-order valence-corrected chi connectivity index (χ1v) is 9.15. The SMILES string of the molecule is CC(C)C(C(=O)Nc1ccc(OCC(=O)N(C)C)cc1)c1ccc(Cl)cc1. The first-order chi connectivity index (χ1) is 12.8. The lowest BCUT2D eigenvalue weighted by Gasteiger charge is -2.21. The number of rotatable bonds is 7. The fourth-order valence-corrected chi connectivity index (χ4v) is 2.76. The predicted octanol–water partition coefficient (Wildman–Crippen LogP) is 4.19. The van der Waals surface area contributed by atoms with Crippen molar-refractivity contribution in [1.82, 2.24) is 4.90 Å². The predicted molar refractivity (Wildman–Crippen MR) is 108 cm³/mol. The van der Waals surface area contributed by atoms with E-state index in [1.54, 1.807) is 50.5 Å². The fraction of sp³-hybridized carbons (Fsp3) is 0.333. The third-order valence-electron chi connectivity index (χ3n) is 4.16. The van der Waals surface area contributed by atoms with Gasteiger partial charge in [0, 0.05) is 24.8 Å². The number of benzene rings is 2. The van der Waals surface area contributed by atoms with Crippen LogP contribution in [-0.2, 0) is 9.59 Å². The Balaban J connectivity index is 2.03. The van der Waals surface area contributed by atoms with E-state index in [0.717, 1.165) is 5.56 Å². The summed E-state index contributed by atoms with van der Waals surface area (Å²) >= 11 is 5.95. The van der Waals surface area contributed by atoms with Crippen molar-refractivity contribution in [2.45, 2.75) is 19.8 Å². The van der Waals surface area contributed by atoms with E-state index < -0.39 is 0 Å². The molecule has 0 aliphatic heterocycles. The van der Waals surface area contributed by atoms with Gasteiger partial charge in [0.2, 0.25) is 5.91 Å². The first-order valence-electron chi connectivity index (χ1n) is 8.77. The Kier molecular flexibility index (Phi) is 7.25. The van der Waals surface area contributed by atoms with Crippen molar-refractivity contribution in [3.63, 3.8) is 0 Å². The molecular formula is C21H25ClN2O3. The van der Waals surface area contributed by atoms with Gasteiger partial charge in [-0.3, -0.25) is 9.59 Å². The Morgan fingerprint density at radius 2 is 1.63 bits per heavy atom. The van der Waals surface area contributed by atoms with E-state index >= 15 is 0 Å². The summed E-state index contributed by atoms with van der Waals surface area (Å²) in [6.45, 7) is 4.00. The van der Waals surface area contributed by atoms with E-state index in [4.69, 9.17) is 16.3 Å². The van der Waals surface area contributed by atoms with Gasteiger partial charge >= 0.3 is 0 Å². The van der Waals surface area contributed by atoms with E-state index in [2.05, 4.69) is 5.32 Å². The summed E-state index contributed by atoms with van der Waals surface area (Å²) < 4.78 is 5.44. The van der Waals surface area contributed by atoms with Crippen LogP contribution in [0.15, 0.2) is 48.5 Å². The van der Waals surface area contributed by atoms with Gasteiger partial charge in [-0.25, -0.2) is 0 Å². The number of ether oxygens (including phenoxy) is 1. The molecule has 2 amide bonds. The van der Waals surface area contributed by atoms with Crippen LogP contribution in [-0.4, -0.2) is 37.4 Å². The highest BCUT2D eigenvalue weighted by Crippen LogP contribution is 2.27. The standard InChI is InChI=1S/C21H25ClN2O3/c1-14(2)20(15-5-7-16(22)8-6-15)21(26)23-17-9-11-18(12-10-17)27-13-19(25)24(3)4/h5-12,14,20H,13H2,1-4H3,(H,23,26). The molecule has 0 bridgehead atoms. The molecule has 0 aliphatic rings. The molecule has 2 rings (SSSR count). The van der Waals surface area contributed by atoms with Gasteiger partial charge in [-0.1, -0.05) is 37.6 Å². The molecule has 0 spiro atoms. The minimum atomic E-state index is -0.282. The zero-order valence-electron chi connectivity index (χ0n) is 16.0. The van der Waals surface area contributed by atoms with Crippen LogP contribution >= 0.6 is 11.6 Å². The number of likely N-dealkylation sites (N-methyl/N-ethyl adjacent to an activating group) is 1. The highest BCUT2D eigenvalue weighted by Gasteiger charge is 2.24. The number of halogens is 1. The smallest absolute Gasteiger partial charge is 0.259 e. The molecule has 1 atom stereocenters. The molecule has 1 N–H and O–H groups in total. The Labute approximate surface area is 165 Å². The summed E-state index contributed by atoms with van der Waals surface area (Å²) in [4.78, 5) is 25.8. The molecule has 6 heteroatoms. The van der Waals surface area contributed by atoms with Crippen LogP contribution < -0.4 is 10.1 Å². The van der Waals surface area contributed by atoms with Gasteiger partial charge in [-0.15, -0.1) is 0 Å². The third kappa shape index (κ3) is 6.00. The first kappa shape index (κ1) is 20.8. The summed E-state index contributed by atoms with van der Waals surface area (Å²) in [5, 5.41) is 3.59. The lowest BCUT2D eigenvalue weighted by Crippen LogP contribution is -2.27. The highest BCUT2D eigenvalue weighted by molar-refractivity contribution is 6.30. The second-order valence-electron chi connectivity index (χ2n) is 6.86. The average Bonchev–Trinajstić information content (AvgIpc) is 2.62. The lowest BCUT2D eigenvalue weighted by molar-refractivity contribution is -0.130. The maximum absolute atomic E-state index is 12.8. The molecule has 0 aromatic heterocycles. The van der Waals surface area contributed by atoms with E-state index in [1.807, 2.05) is 26.0 Å². The number of nitrogens with zero attached hydrogens (tertiary/aromatic N) is 1. The molecule has 144 valence electrons. The molecule has 0 fully saturated rings. The van der Waals surface area contributed by atoms with Crippen LogP contribution in [0.3, 0.4) is 0 Å². The largest absolute Gasteiger partial charge is 0.484 e. The monoisotopic (exact) mass is 388 g/mol. The van der Waals surface area contributed by atoms with Gasteiger partial charge in [-0.05, 0) is 47.9 Å². The minimum absolute atomic E-state index is 0.0231. The molecule has 2 aromatic carbocycles. The maximum atomic E-state index is 12.8. The molecule has 0 saturated heterocycles. The molecule has 5 nitrogen and oxygen atoms in total. The number of carbonyl (C=O) groups excluding carboxylic acids is 2. The third-order valence-corrected chi connectivity index (χ3v) is 4.41. The number of anilines is 1. The van der Waals surface area contributed by atoms with Gasteiger partial charge in [0.15, 0.2) is 6.61 Å². The molecule has 2 aromatic rings. The number of amides is 2. The molecule has 0 aliphatic carbocycles. The molecule has 0 saturated carbocycles. The zero-order valence-corrected chi connectivity index (χ0v) is 16.8. The number of carbonyl (C=O) groups is 2. The van der Waals surface area contributed by atoms with Gasteiger partial charge in [0.1, 0.15) is 5.75 Å². The van der Waals surface area contributed by atoms with Gasteiger partial charge in [0.05, 0.1) is 5.92 Å². The van der Waals surface area contributed by atoms with Crippen molar-refractivity contribution in [3.05, 3.63) is 59.1 Å². The summed E-state index contributed by atoms with van der Waals surface area (Å²) in [7, 11) is 3.35. The van der Waals surface area contributed by atoms with Crippen molar-refractivity contribution in [2.24, 2.45) is 5.92 Å². The molecular weight excluding hydrogens is 364 g/mol. The normalized spacial score (nSPS) is 11.8. The van der Waals surface area contributed by atoms with Gasteiger partial charge in [0.25, 0.3) is 5.91 Å². The number of hydrogen-bond acceptors (Lipinski definition) is 3. The summed E-state index contributed by atoms with van der Waals surface area (Å²) in [5.74, 6) is 0.224. The summed E-state index contributed by atoms with van der Waals surface area (Å²) in [5.41, 5.74) is 1.60. The van der Waals surface area contributed by atoms with Crippen LogP contribution in [0.5, 0.6) is 5.75 Å². The van der Waals surface area contributed by atoms with Crippen LogP contribution in [0.1, 0.15) is 25.3 Å². The van der Waals surface area contributed by atoms with E-state index in [-0.39, 0.29) is 30.3 Å². The maximum Gasteiger partial charge on any atom is 0.259 e. The second kappa shape index (κ2) is 9.42. The summed E-state index contributed by atoms with van der Waals surface area (Å²) in [6, 6.07) is 14.3. The number of hydrogen-bond donors (Lipinski definition) is 1. The van der Waals surface area contributed by atoms with Crippen LogP contribution in [0.25, 0.3) is 0 Å². The van der Waals surface area contributed by atoms with Crippen LogP contribution in [0.2, 0.25) is 5.02 Å². The average molecular weight is 389 g/mol. The van der Waals surface area contributed by atoms with Crippen molar-refractivity contribution in [2.75, 3.05) is 26.0 Å². The molecule has 0 radical (unpaired) electrons. The lowest BCUT2D eigenvalue weighted by atomic mass is 9.87. The van der Waals surface area contributed by atoms with Crippen LogP contribution in [0.4, 0.5) is 5.69 Å². The summed E-state index contributed by atoms with van der Waals surface area (Å²) in [6.07, 6.45) is 0. The Bertz CT molecular complexity index is 771. The highest BCUT2D eigenvalue weighted by atomic mass is 35.5. The van der Waals surface area contributed by atoms with E-state index in [1.165, 1.54) is 4.90 Å². The Morgan fingerprint density at radius 1 is 1.04 bits per heavy atom. The van der Waals surface area contributed by atoms with E-state index in [0.29, 0.717) is 16.5 Å². The molecule has 0 heterocycles. The Hall–Kier alpha value is -2.53. The van der Waals surface area contributed by atoms with Crippen molar-refractivity contribution >= 4 is 29.1 Å². The zero-order chi connectivity index (χ0) is 20.0. The topological polar surface area (TPSA) is 58.6 Å². The molecule has 1 unspecified atom stereocenters. The molecule has 27 heavy (non-hydrogen) atoms. The van der Waals surface area contributed by atoms with Crippen molar-refractivity contribution in [3.8, 4) is 5.75 Å². The Morgan fingerprint density at radius 3 is 2.15 bits per heavy atom. The quantitative estimate of drug-likeness (QED) is 0.773. The van der Waals surface area contributed by atoms with Gasteiger partial charge < -0.3 is 15.0 Å².